The van der Waals surface area contributed by atoms with Gasteiger partial charge >= 0.3 is 0 Å². The maximum absolute atomic E-state index is 12.8. The van der Waals surface area contributed by atoms with Crippen molar-refractivity contribution in [3.05, 3.63) is 28.6 Å². The number of rotatable bonds is 1. The normalized spacial score (nSPS) is 22.7. The molecule has 4 nitrogen and oxygen atoms in total. The van der Waals surface area contributed by atoms with Gasteiger partial charge in [0.15, 0.2) is 0 Å². The molecule has 1 amide bonds. The molecule has 0 saturated carbocycles. The number of hydrogen-bond donors (Lipinski definition) is 1. The third kappa shape index (κ3) is 2.63. The van der Waals surface area contributed by atoms with Gasteiger partial charge in [0.2, 0.25) is 0 Å². The molecule has 3 rings (SSSR count). The monoisotopic (exact) mass is 304 g/mol. The maximum Gasteiger partial charge on any atom is 0.266 e. The number of ether oxygens (including phenoxy) is 1. The van der Waals surface area contributed by atoms with Crippen molar-refractivity contribution in [2.75, 3.05) is 18.8 Å². The Labute approximate surface area is 128 Å². The van der Waals surface area contributed by atoms with E-state index in [2.05, 4.69) is 6.07 Å². The molecular formula is C16H20N2O2S. The summed E-state index contributed by atoms with van der Waals surface area (Å²) >= 11 is 1.49. The largest absolute Gasteiger partial charge is 0.397 e. The Morgan fingerprint density at radius 1 is 1.33 bits per heavy atom. The molecule has 0 aliphatic carbocycles. The van der Waals surface area contributed by atoms with Crippen LogP contribution >= 0.6 is 11.3 Å². The van der Waals surface area contributed by atoms with Gasteiger partial charge in [-0.15, -0.1) is 11.3 Å². The van der Waals surface area contributed by atoms with E-state index in [-0.39, 0.29) is 18.1 Å². The Kier molecular flexibility index (Phi) is 3.63. The first-order valence-corrected chi connectivity index (χ1v) is 8.00. The summed E-state index contributed by atoms with van der Waals surface area (Å²) in [6.07, 6.45) is 0.131. The van der Waals surface area contributed by atoms with E-state index in [4.69, 9.17) is 10.5 Å². The summed E-state index contributed by atoms with van der Waals surface area (Å²) in [6, 6.07) is 6.11. The molecule has 1 fully saturated rings. The first-order valence-electron chi connectivity index (χ1n) is 7.19. The van der Waals surface area contributed by atoms with Gasteiger partial charge in [0.05, 0.1) is 17.9 Å². The second-order valence-electron chi connectivity index (χ2n) is 5.81. The fourth-order valence-electron chi connectivity index (χ4n) is 2.87. The number of carbonyl (C=O) groups is 1. The van der Waals surface area contributed by atoms with E-state index in [9.17, 15) is 4.79 Å². The standard InChI is InChI=1S/C16H20N2O2S/c1-9-4-5-12-13(6-9)21-15(14(12)17)16(19)18-7-10(2)20-11(3)8-18/h4-6,10-11H,7-8,17H2,1-3H3/t10-,11+. The molecule has 2 aromatic rings. The van der Waals surface area contributed by atoms with Crippen molar-refractivity contribution < 1.29 is 9.53 Å². The molecule has 1 aliphatic heterocycles. The molecule has 112 valence electrons. The summed E-state index contributed by atoms with van der Waals surface area (Å²) in [5.41, 5.74) is 7.98. The van der Waals surface area contributed by atoms with Crippen molar-refractivity contribution in [1.29, 1.82) is 0 Å². The summed E-state index contributed by atoms with van der Waals surface area (Å²) in [6.45, 7) is 7.27. The van der Waals surface area contributed by atoms with Gasteiger partial charge in [0, 0.05) is 23.2 Å². The van der Waals surface area contributed by atoms with Crippen LogP contribution in [0, 0.1) is 6.92 Å². The van der Waals surface area contributed by atoms with Crippen molar-refractivity contribution in [2.24, 2.45) is 0 Å². The highest BCUT2D eigenvalue weighted by atomic mass is 32.1. The Balaban J connectivity index is 1.96. The van der Waals surface area contributed by atoms with Gasteiger partial charge in [-0.25, -0.2) is 0 Å². The predicted molar refractivity (Wildman–Crippen MR) is 86.9 cm³/mol. The number of aryl methyl sites for hydroxylation is 1. The molecule has 1 aromatic carbocycles. The smallest absolute Gasteiger partial charge is 0.266 e. The van der Waals surface area contributed by atoms with Gasteiger partial charge in [0.1, 0.15) is 4.88 Å². The van der Waals surface area contributed by atoms with E-state index in [0.29, 0.717) is 23.7 Å². The lowest BCUT2D eigenvalue weighted by Crippen LogP contribution is -2.48. The van der Waals surface area contributed by atoms with Crippen LogP contribution in [0.1, 0.15) is 29.1 Å². The number of carbonyl (C=O) groups excluding carboxylic acids is 1. The molecule has 1 saturated heterocycles. The summed E-state index contributed by atoms with van der Waals surface area (Å²) in [5.74, 6) is 0.0216. The van der Waals surface area contributed by atoms with Crippen LogP contribution in [0.15, 0.2) is 18.2 Å². The van der Waals surface area contributed by atoms with Gasteiger partial charge < -0.3 is 15.4 Å². The number of thiophene rings is 1. The zero-order valence-electron chi connectivity index (χ0n) is 12.6. The molecule has 2 N–H and O–H groups in total. The third-order valence-corrected chi connectivity index (χ3v) is 4.94. The minimum absolute atomic E-state index is 0.0216. The van der Waals surface area contributed by atoms with Gasteiger partial charge in [0.25, 0.3) is 5.91 Å². The van der Waals surface area contributed by atoms with E-state index < -0.39 is 0 Å². The highest BCUT2D eigenvalue weighted by molar-refractivity contribution is 7.21. The van der Waals surface area contributed by atoms with Gasteiger partial charge in [-0.05, 0) is 32.4 Å². The van der Waals surface area contributed by atoms with Crippen molar-refractivity contribution in [3.63, 3.8) is 0 Å². The van der Waals surface area contributed by atoms with Crippen molar-refractivity contribution >= 4 is 33.0 Å². The summed E-state index contributed by atoms with van der Waals surface area (Å²) in [4.78, 5) is 15.3. The van der Waals surface area contributed by atoms with Gasteiger partial charge in [-0.2, -0.15) is 0 Å². The zero-order chi connectivity index (χ0) is 15.1. The molecule has 2 heterocycles. The number of anilines is 1. The summed E-state index contributed by atoms with van der Waals surface area (Å²) in [7, 11) is 0. The lowest BCUT2D eigenvalue weighted by molar-refractivity contribution is -0.0584. The van der Waals surface area contributed by atoms with E-state index in [1.807, 2.05) is 37.8 Å². The highest BCUT2D eigenvalue weighted by Gasteiger charge is 2.29. The molecule has 0 bridgehead atoms. The molecular weight excluding hydrogens is 284 g/mol. The summed E-state index contributed by atoms with van der Waals surface area (Å²) < 4.78 is 6.76. The lowest BCUT2D eigenvalue weighted by Gasteiger charge is -2.35. The van der Waals surface area contributed by atoms with Crippen LogP contribution in [0.3, 0.4) is 0 Å². The average molecular weight is 304 g/mol. The molecule has 1 aromatic heterocycles. The van der Waals surface area contributed by atoms with Crippen LogP contribution in [0.5, 0.6) is 0 Å². The van der Waals surface area contributed by atoms with E-state index in [1.54, 1.807) is 0 Å². The van der Waals surface area contributed by atoms with E-state index >= 15 is 0 Å². The Hall–Kier alpha value is -1.59. The van der Waals surface area contributed by atoms with Crippen LogP contribution in [0.25, 0.3) is 10.1 Å². The number of nitrogen functional groups attached to an aromatic ring is 1. The number of nitrogens with zero attached hydrogens (tertiary/aromatic N) is 1. The zero-order valence-corrected chi connectivity index (χ0v) is 13.4. The highest BCUT2D eigenvalue weighted by Crippen LogP contribution is 2.35. The van der Waals surface area contributed by atoms with Crippen LogP contribution < -0.4 is 5.73 Å². The number of amides is 1. The van der Waals surface area contributed by atoms with E-state index in [1.165, 1.54) is 16.9 Å². The first kappa shape index (κ1) is 14.4. The van der Waals surface area contributed by atoms with Crippen LogP contribution in [-0.2, 0) is 4.74 Å². The van der Waals surface area contributed by atoms with Crippen molar-refractivity contribution in [3.8, 4) is 0 Å². The Morgan fingerprint density at radius 3 is 2.67 bits per heavy atom. The van der Waals surface area contributed by atoms with E-state index in [0.717, 1.165) is 10.1 Å². The second kappa shape index (κ2) is 5.31. The van der Waals surface area contributed by atoms with Crippen LogP contribution in [0.2, 0.25) is 0 Å². The van der Waals surface area contributed by atoms with Crippen LogP contribution in [0.4, 0.5) is 5.69 Å². The topological polar surface area (TPSA) is 55.6 Å². The van der Waals surface area contributed by atoms with Gasteiger partial charge in [-0.3, -0.25) is 4.79 Å². The lowest BCUT2D eigenvalue weighted by atomic mass is 10.1. The molecule has 1 aliphatic rings. The number of benzene rings is 1. The Bertz CT molecular complexity index is 685. The quantitative estimate of drug-likeness (QED) is 0.881. The minimum Gasteiger partial charge on any atom is -0.397 e. The molecule has 21 heavy (non-hydrogen) atoms. The average Bonchev–Trinajstić information content (AvgIpc) is 2.73. The van der Waals surface area contributed by atoms with Gasteiger partial charge in [-0.1, -0.05) is 12.1 Å². The second-order valence-corrected chi connectivity index (χ2v) is 6.86. The number of nitrogens with two attached hydrogens (primary N) is 1. The fraction of sp³-hybridized carbons (Fsp3) is 0.438. The first-order chi connectivity index (χ1) is 9.95. The Morgan fingerprint density at radius 2 is 2.00 bits per heavy atom. The summed E-state index contributed by atoms with van der Waals surface area (Å²) in [5, 5.41) is 0.975. The molecule has 5 heteroatoms. The molecule has 0 unspecified atom stereocenters. The van der Waals surface area contributed by atoms with Crippen molar-refractivity contribution in [2.45, 2.75) is 33.0 Å². The third-order valence-electron chi connectivity index (χ3n) is 3.78. The predicted octanol–water partition coefficient (Wildman–Crippen LogP) is 3.04. The number of hydrogen-bond acceptors (Lipinski definition) is 4. The number of fused-ring (bicyclic) bond motifs is 1. The SMILES string of the molecule is Cc1ccc2c(N)c(C(=O)N3C[C@@H](C)O[C@@H](C)C3)sc2c1. The molecule has 0 spiro atoms. The van der Waals surface area contributed by atoms with Crippen molar-refractivity contribution in [1.82, 2.24) is 4.90 Å². The maximum atomic E-state index is 12.8. The fourth-order valence-corrected chi connectivity index (χ4v) is 4.06. The molecule has 2 atom stereocenters. The minimum atomic E-state index is 0.0216. The molecule has 0 radical (unpaired) electrons. The van der Waals surface area contributed by atoms with Crippen LogP contribution in [-0.4, -0.2) is 36.1 Å². The number of morpholine rings is 1.